The normalized spacial score (nSPS) is 9.30. The van der Waals surface area contributed by atoms with Crippen molar-refractivity contribution in [3.63, 3.8) is 0 Å². The Hall–Kier alpha value is -1.10. The molecule has 0 aliphatic carbocycles. The van der Waals surface area contributed by atoms with Gasteiger partial charge in [-0.2, -0.15) is 0 Å². The molecule has 0 bridgehead atoms. The summed E-state index contributed by atoms with van der Waals surface area (Å²) in [7, 11) is 0. The van der Waals surface area contributed by atoms with Gasteiger partial charge in [-0.1, -0.05) is 12.6 Å². The number of thiol groups is 1. The summed E-state index contributed by atoms with van der Waals surface area (Å²) in [6.45, 7) is 0. The quantitative estimate of drug-likeness (QED) is 0.565. The molecule has 1 rings (SSSR count). The molecule has 0 fully saturated rings. The second-order valence-electron chi connectivity index (χ2n) is 1.63. The van der Waals surface area contributed by atoms with Crippen LogP contribution in [-0.4, -0.2) is 15.1 Å². The maximum atomic E-state index is 10.5. The summed E-state index contributed by atoms with van der Waals surface area (Å²) in [5, 5.41) is -0.410. The number of hydrogen-bond donors (Lipinski definition) is 2. The number of nitrogen functional groups attached to an aromatic ring is 1. The second kappa shape index (κ2) is 2.66. The number of carbonyl (C=O) groups is 1. The maximum Gasteiger partial charge on any atom is 0.236 e. The first-order valence-corrected chi connectivity index (χ1v) is 2.95. The van der Waals surface area contributed by atoms with Gasteiger partial charge in [0.15, 0.2) is 0 Å². The molecule has 0 saturated carbocycles. The molecule has 10 heavy (non-hydrogen) atoms. The van der Waals surface area contributed by atoms with Crippen molar-refractivity contribution in [1.82, 2.24) is 9.97 Å². The molecular formula is C5H5N3OS. The number of nitrogens with zero attached hydrogens (tertiary/aromatic N) is 2. The van der Waals surface area contributed by atoms with E-state index in [-0.39, 0.29) is 5.69 Å². The monoisotopic (exact) mass is 155 g/mol. The molecule has 0 amide bonds. The number of nitrogens with two attached hydrogens (primary N) is 1. The maximum absolute atomic E-state index is 10.5. The van der Waals surface area contributed by atoms with Gasteiger partial charge in [0.25, 0.3) is 0 Å². The Morgan fingerprint density at radius 2 is 2.20 bits per heavy atom. The van der Waals surface area contributed by atoms with E-state index in [1.807, 2.05) is 0 Å². The Balaban J connectivity index is 3.00. The molecule has 52 valence electrons. The molecule has 0 aliphatic heterocycles. The highest BCUT2D eigenvalue weighted by molar-refractivity contribution is 7.97. The van der Waals surface area contributed by atoms with Crippen molar-refractivity contribution < 1.29 is 4.79 Å². The molecule has 0 unspecified atom stereocenters. The number of anilines is 1. The van der Waals surface area contributed by atoms with Crippen molar-refractivity contribution >= 4 is 23.6 Å². The lowest BCUT2D eigenvalue weighted by Crippen LogP contribution is -1.97. The van der Waals surface area contributed by atoms with Crippen molar-refractivity contribution in [3.8, 4) is 0 Å². The summed E-state index contributed by atoms with van der Waals surface area (Å²) in [4.78, 5) is 17.8. The standard InChI is InChI=1S/C5H5N3OS/c6-4-2-7-3(1-8-4)5(9)10/h1-2H,(H2,6,8)(H,9,10). The van der Waals surface area contributed by atoms with Crippen molar-refractivity contribution in [1.29, 1.82) is 0 Å². The second-order valence-corrected chi connectivity index (χ2v) is 2.04. The largest absolute Gasteiger partial charge is 0.382 e. The van der Waals surface area contributed by atoms with Crippen LogP contribution in [-0.2, 0) is 0 Å². The molecule has 0 saturated heterocycles. The summed E-state index contributed by atoms with van der Waals surface area (Å²) < 4.78 is 0. The number of rotatable bonds is 1. The van der Waals surface area contributed by atoms with Crippen molar-refractivity contribution in [2.24, 2.45) is 0 Å². The van der Waals surface area contributed by atoms with E-state index < -0.39 is 5.12 Å². The molecule has 0 atom stereocenters. The molecule has 0 aromatic carbocycles. The fourth-order valence-corrected chi connectivity index (χ4v) is 0.564. The van der Waals surface area contributed by atoms with E-state index in [9.17, 15) is 4.79 Å². The molecule has 2 N–H and O–H groups in total. The Bertz CT molecular complexity index is 246. The zero-order valence-corrected chi connectivity index (χ0v) is 5.88. The first-order valence-electron chi connectivity index (χ1n) is 2.51. The topological polar surface area (TPSA) is 68.9 Å². The van der Waals surface area contributed by atoms with Gasteiger partial charge < -0.3 is 5.73 Å². The summed E-state index contributed by atoms with van der Waals surface area (Å²) in [5.41, 5.74) is 5.42. The van der Waals surface area contributed by atoms with Gasteiger partial charge >= 0.3 is 0 Å². The third kappa shape index (κ3) is 1.44. The molecule has 1 heterocycles. The van der Waals surface area contributed by atoms with Crippen LogP contribution in [0.5, 0.6) is 0 Å². The smallest absolute Gasteiger partial charge is 0.236 e. The minimum absolute atomic E-state index is 0.206. The summed E-state index contributed by atoms with van der Waals surface area (Å²) in [5.74, 6) is 0.290. The van der Waals surface area contributed by atoms with Crippen LogP contribution in [0.15, 0.2) is 12.4 Å². The third-order valence-corrected chi connectivity index (χ3v) is 1.12. The van der Waals surface area contributed by atoms with Gasteiger partial charge in [-0.3, -0.25) is 4.79 Å². The van der Waals surface area contributed by atoms with Crippen LogP contribution in [0.4, 0.5) is 5.82 Å². The average molecular weight is 155 g/mol. The van der Waals surface area contributed by atoms with Crippen LogP contribution in [0.2, 0.25) is 0 Å². The summed E-state index contributed by atoms with van der Waals surface area (Å²) in [6.07, 6.45) is 2.59. The Morgan fingerprint density at radius 3 is 2.60 bits per heavy atom. The van der Waals surface area contributed by atoms with Crippen LogP contribution in [0, 0.1) is 0 Å². The fourth-order valence-electron chi connectivity index (χ4n) is 0.448. The van der Waals surface area contributed by atoms with Gasteiger partial charge in [-0.25, -0.2) is 9.97 Å². The lowest BCUT2D eigenvalue weighted by Gasteiger charge is -1.91. The van der Waals surface area contributed by atoms with E-state index in [2.05, 4.69) is 22.6 Å². The molecule has 0 aliphatic rings. The number of aromatic nitrogens is 2. The molecule has 4 nitrogen and oxygen atoms in total. The van der Waals surface area contributed by atoms with Crippen molar-refractivity contribution in [3.05, 3.63) is 18.1 Å². The highest BCUT2D eigenvalue weighted by atomic mass is 32.1. The van der Waals surface area contributed by atoms with Crippen LogP contribution >= 0.6 is 12.6 Å². The highest BCUT2D eigenvalue weighted by Crippen LogP contribution is 1.98. The summed E-state index contributed by atoms with van der Waals surface area (Å²) >= 11 is 3.54. The number of carbonyl (C=O) groups excluding carboxylic acids is 1. The fraction of sp³-hybridized carbons (Fsp3) is 0. The first kappa shape index (κ1) is 7.01. The van der Waals surface area contributed by atoms with Gasteiger partial charge in [-0.05, 0) is 0 Å². The molecular weight excluding hydrogens is 150 g/mol. The zero-order chi connectivity index (χ0) is 7.56. The minimum Gasteiger partial charge on any atom is -0.382 e. The highest BCUT2D eigenvalue weighted by Gasteiger charge is 1.99. The van der Waals surface area contributed by atoms with Gasteiger partial charge in [0.2, 0.25) is 5.12 Å². The molecule has 5 heteroatoms. The minimum atomic E-state index is -0.410. The lowest BCUT2D eigenvalue weighted by atomic mass is 10.5. The average Bonchev–Trinajstić information content (AvgIpc) is 1.88. The van der Waals surface area contributed by atoms with Crippen molar-refractivity contribution in [2.45, 2.75) is 0 Å². The Labute approximate surface area is 62.9 Å². The lowest BCUT2D eigenvalue weighted by molar-refractivity contribution is 0.108. The zero-order valence-electron chi connectivity index (χ0n) is 4.98. The molecule has 1 aromatic heterocycles. The van der Waals surface area contributed by atoms with Crippen molar-refractivity contribution in [2.75, 3.05) is 5.73 Å². The van der Waals surface area contributed by atoms with E-state index in [1.165, 1.54) is 12.4 Å². The van der Waals surface area contributed by atoms with Crippen LogP contribution in [0.1, 0.15) is 10.5 Å². The van der Waals surface area contributed by atoms with Gasteiger partial charge in [0, 0.05) is 0 Å². The Morgan fingerprint density at radius 1 is 1.50 bits per heavy atom. The van der Waals surface area contributed by atoms with E-state index in [0.29, 0.717) is 5.82 Å². The third-order valence-electron chi connectivity index (χ3n) is 0.891. The van der Waals surface area contributed by atoms with Crippen LogP contribution in [0.3, 0.4) is 0 Å². The van der Waals surface area contributed by atoms with E-state index in [1.54, 1.807) is 0 Å². The van der Waals surface area contributed by atoms with Gasteiger partial charge in [0.1, 0.15) is 11.5 Å². The van der Waals surface area contributed by atoms with E-state index >= 15 is 0 Å². The molecule has 0 radical (unpaired) electrons. The predicted molar refractivity (Wildman–Crippen MR) is 39.8 cm³/mol. The van der Waals surface area contributed by atoms with Crippen LogP contribution < -0.4 is 5.73 Å². The van der Waals surface area contributed by atoms with E-state index in [0.717, 1.165) is 0 Å². The van der Waals surface area contributed by atoms with Gasteiger partial charge in [-0.15, -0.1) is 0 Å². The van der Waals surface area contributed by atoms with Gasteiger partial charge in [0.05, 0.1) is 12.4 Å². The SMILES string of the molecule is Nc1cnc(C(=O)S)cn1. The summed E-state index contributed by atoms with van der Waals surface area (Å²) in [6, 6.07) is 0. The molecule has 0 spiro atoms. The Kier molecular flexibility index (Phi) is 1.86. The van der Waals surface area contributed by atoms with Crippen LogP contribution in [0.25, 0.3) is 0 Å². The van der Waals surface area contributed by atoms with E-state index in [4.69, 9.17) is 5.73 Å². The predicted octanol–water partition coefficient (Wildman–Crippen LogP) is 0.129. The molecule has 1 aromatic rings. The number of hydrogen-bond acceptors (Lipinski definition) is 4. The first-order chi connectivity index (χ1) is 4.70.